The fraction of sp³-hybridized carbons (Fsp3) is 0.733. The van der Waals surface area contributed by atoms with Gasteiger partial charge < -0.3 is 10.6 Å². The zero-order valence-electron chi connectivity index (χ0n) is 14.0. The SMILES string of the molecule is CN=C(NCc1nc(C)c(C)s1)NC1C(C)(C)C1(C)C.I. The Morgan fingerprint density at radius 3 is 2.19 bits per heavy atom. The maximum Gasteiger partial charge on any atom is 0.191 e. The van der Waals surface area contributed by atoms with Crippen molar-refractivity contribution in [3.63, 3.8) is 0 Å². The second kappa shape index (κ2) is 6.40. The van der Waals surface area contributed by atoms with Gasteiger partial charge in [0.15, 0.2) is 5.96 Å². The third-order valence-corrected chi connectivity index (χ3v) is 6.08. The number of rotatable bonds is 3. The number of hydrogen-bond acceptors (Lipinski definition) is 3. The molecule has 0 bridgehead atoms. The van der Waals surface area contributed by atoms with Crippen molar-refractivity contribution in [3.8, 4) is 0 Å². The van der Waals surface area contributed by atoms with Gasteiger partial charge in [-0.05, 0) is 24.7 Å². The first-order valence-electron chi connectivity index (χ1n) is 7.10. The first kappa shape index (κ1) is 18.7. The minimum absolute atomic E-state index is 0. The zero-order chi connectivity index (χ0) is 15.1. The largest absolute Gasteiger partial charge is 0.353 e. The number of thiazole rings is 1. The highest BCUT2D eigenvalue weighted by atomic mass is 127. The van der Waals surface area contributed by atoms with Gasteiger partial charge in [0.05, 0.1) is 12.2 Å². The Morgan fingerprint density at radius 2 is 1.81 bits per heavy atom. The van der Waals surface area contributed by atoms with Crippen molar-refractivity contribution < 1.29 is 0 Å². The van der Waals surface area contributed by atoms with Gasteiger partial charge in [0.2, 0.25) is 0 Å². The summed E-state index contributed by atoms with van der Waals surface area (Å²) in [6.45, 7) is 14.1. The van der Waals surface area contributed by atoms with E-state index in [1.165, 1.54) is 4.88 Å². The number of hydrogen-bond donors (Lipinski definition) is 2. The van der Waals surface area contributed by atoms with E-state index >= 15 is 0 Å². The van der Waals surface area contributed by atoms with Crippen LogP contribution in [0.4, 0.5) is 0 Å². The van der Waals surface area contributed by atoms with Crippen LogP contribution in [-0.2, 0) is 6.54 Å². The lowest BCUT2D eigenvalue weighted by atomic mass is 10.0. The molecule has 0 amide bonds. The Kier molecular flexibility index (Phi) is 5.69. The molecule has 4 nitrogen and oxygen atoms in total. The van der Waals surface area contributed by atoms with Crippen molar-refractivity contribution >= 4 is 41.3 Å². The van der Waals surface area contributed by atoms with Crippen LogP contribution in [0.2, 0.25) is 0 Å². The van der Waals surface area contributed by atoms with Crippen LogP contribution in [0.5, 0.6) is 0 Å². The van der Waals surface area contributed by atoms with Gasteiger partial charge in [0, 0.05) is 18.0 Å². The van der Waals surface area contributed by atoms with Gasteiger partial charge in [0.25, 0.3) is 0 Å². The van der Waals surface area contributed by atoms with E-state index in [-0.39, 0.29) is 24.0 Å². The molecular formula is C15H27IN4S. The van der Waals surface area contributed by atoms with E-state index in [2.05, 4.69) is 62.2 Å². The third kappa shape index (κ3) is 3.52. The fourth-order valence-corrected chi connectivity index (χ4v) is 3.54. The summed E-state index contributed by atoms with van der Waals surface area (Å²) in [6, 6.07) is 0.459. The van der Waals surface area contributed by atoms with Gasteiger partial charge in [-0.15, -0.1) is 35.3 Å². The van der Waals surface area contributed by atoms with Gasteiger partial charge in [-0.25, -0.2) is 4.98 Å². The molecule has 21 heavy (non-hydrogen) atoms. The highest BCUT2D eigenvalue weighted by Gasteiger charge is 2.65. The molecule has 0 unspecified atom stereocenters. The number of halogens is 1. The van der Waals surface area contributed by atoms with Crippen molar-refractivity contribution in [2.45, 2.75) is 54.1 Å². The molecule has 1 aromatic rings. The van der Waals surface area contributed by atoms with E-state index in [9.17, 15) is 0 Å². The Labute approximate surface area is 149 Å². The van der Waals surface area contributed by atoms with E-state index in [4.69, 9.17) is 0 Å². The topological polar surface area (TPSA) is 49.3 Å². The maximum absolute atomic E-state index is 4.54. The maximum atomic E-state index is 4.54. The molecule has 0 aliphatic heterocycles. The standard InChI is InChI=1S/C15H26N4S.HI/c1-9-10(2)20-11(18-9)8-17-13(16-7)19-12-14(3,4)15(12,5)6;/h12H,8H2,1-7H3,(H2,16,17,19);1H. The molecule has 0 atom stereocenters. The number of aryl methyl sites for hydroxylation is 2. The molecule has 2 N–H and O–H groups in total. The quantitative estimate of drug-likeness (QED) is 0.446. The van der Waals surface area contributed by atoms with Gasteiger partial charge in [-0.1, -0.05) is 27.7 Å². The van der Waals surface area contributed by atoms with E-state index in [1.54, 1.807) is 11.3 Å². The number of aliphatic imine (C=N–C) groups is 1. The lowest BCUT2D eigenvalue weighted by molar-refractivity contribution is 0.457. The molecular weight excluding hydrogens is 395 g/mol. The Balaban J connectivity index is 0.00000220. The normalized spacial score (nSPS) is 19.9. The molecule has 120 valence electrons. The van der Waals surface area contributed by atoms with Crippen molar-refractivity contribution in [1.82, 2.24) is 15.6 Å². The second-order valence-electron chi connectivity index (χ2n) is 6.70. The average molecular weight is 422 g/mol. The molecule has 0 spiro atoms. The van der Waals surface area contributed by atoms with Crippen LogP contribution in [0, 0.1) is 24.7 Å². The first-order valence-corrected chi connectivity index (χ1v) is 7.92. The molecule has 1 fully saturated rings. The molecule has 1 heterocycles. The molecule has 0 aromatic carbocycles. The van der Waals surface area contributed by atoms with Crippen LogP contribution in [0.3, 0.4) is 0 Å². The van der Waals surface area contributed by atoms with Crippen LogP contribution in [-0.4, -0.2) is 24.0 Å². The summed E-state index contributed by atoms with van der Waals surface area (Å²) < 4.78 is 0. The Hall–Kier alpha value is -0.370. The number of nitrogens with one attached hydrogen (secondary N) is 2. The van der Waals surface area contributed by atoms with E-state index in [0.717, 1.165) is 23.2 Å². The summed E-state index contributed by atoms with van der Waals surface area (Å²) >= 11 is 1.74. The van der Waals surface area contributed by atoms with Crippen LogP contribution in [0.15, 0.2) is 4.99 Å². The lowest BCUT2D eigenvalue weighted by Crippen LogP contribution is -2.40. The number of nitrogens with zero attached hydrogens (tertiary/aromatic N) is 2. The van der Waals surface area contributed by atoms with Gasteiger partial charge in [0.1, 0.15) is 5.01 Å². The highest BCUT2D eigenvalue weighted by molar-refractivity contribution is 14.0. The minimum atomic E-state index is 0. The minimum Gasteiger partial charge on any atom is -0.353 e. The smallest absolute Gasteiger partial charge is 0.191 e. The van der Waals surface area contributed by atoms with Gasteiger partial charge >= 0.3 is 0 Å². The molecule has 6 heteroatoms. The predicted molar refractivity (Wildman–Crippen MR) is 102 cm³/mol. The average Bonchev–Trinajstić information content (AvgIpc) is 2.61. The summed E-state index contributed by atoms with van der Waals surface area (Å²) in [5.41, 5.74) is 1.73. The predicted octanol–water partition coefficient (Wildman–Crippen LogP) is 3.48. The Morgan fingerprint density at radius 1 is 1.24 bits per heavy atom. The van der Waals surface area contributed by atoms with Crippen molar-refractivity contribution in [2.75, 3.05) is 7.05 Å². The lowest BCUT2D eigenvalue weighted by Gasteiger charge is -2.12. The van der Waals surface area contributed by atoms with E-state index < -0.39 is 0 Å². The first-order chi connectivity index (χ1) is 9.20. The summed E-state index contributed by atoms with van der Waals surface area (Å²) in [5.74, 6) is 0.860. The zero-order valence-corrected chi connectivity index (χ0v) is 17.1. The molecule has 0 saturated heterocycles. The molecule has 1 aliphatic carbocycles. The second-order valence-corrected chi connectivity index (χ2v) is 7.98. The summed E-state index contributed by atoms with van der Waals surface area (Å²) in [5, 5.41) is 8.00. The van der Waals surface area contributed by atoms with Crippen LogP contribution in [0.1, 0.15) is 43.3 Å². The van der Waals surface area contributed by atoms with Gasteiger partial charge in [-0.2, -0.15) is 0 Å². The van der Waals surface area contributed by atoms with Crippen LogP contribution in [0.25, 0.3) is 0 Å². The third-order valence-electron chi connectivity index (χ3n) is 5.01. The number of guanidine groups is 1. The summed E-state index contributed by atoms with van der Waals surface area (Å²) in [6.07, 6.45) is 0. The highest BCUT2D eigenvalue weighted by Crippen LogP contribution is 2.62. The molecule has 1 aromatic heterocycles. The van der Waals surface area contributed by atoms with E-state index in [0.29, 0.717) is 16.9 Å². The number of aromatic nitrogens is 1. The van der Waals surface area contributed by atoms with Crippen molar-refractivity contribution in [2.24, 2.45) is 15.8 Å². The molecule has 1 aliphatic rings. The summed E-state index contributed by atoms with van der Waals surface area (Å²) in [4.78, 5) is 10.1. The molecule has 1 saturated carbocycles. The summed E-state index contributed by atoms with van der Waals surface area (Å²) in [7, 11) is 1.82. The van der Waals surface area contributed by atoms with Crippen LogP contribution < -0.4 is 10.6 Å². The Bertz CT molecular complexity index is 500. The van der Waals surface area contributed by atoms with Crippen molar-refractivity contribution in [3.05, 3.63) is 15.6 Å². The van der Waals surface area contributed by atoms with Crippen molar-refractivity contribution in [1.29, 1.82) is 0 Å². The van der Waals surface area contributed by atoms with Crippen LogP contribution >= 0.6 is 35.3 Å². The molecule has 0 radical (unpaired) electrons. The van der Waals surface area contributed by atoms with E-state index in [1.807, 2.05) is 7.05 Å². The van der Waals surface area contributed by atoms with Gasteiger partial charge in [-0.3, -0.25) is 4.99 Å². The molecule has 2 rings (SSSR count). The fourth-order valence-electron chi connectivity index (χ4n) is 2.66. The monoisotopic (exact) mass is 422 g/mol.